The van der Waals surface area contributed by atoms with E-state index in [-0.39, 0.29) is 45.1 Å². The largest absolute Gasteiger partial charge is 3.00 e. The summed E-state index contributed by atoms with van der Waals surface area (Å²) < 4.78 is 0. The Labute approximate surface area is 107 Å². The minimum atomic E-state index is -1.68. The molecule has 0 fully saturated rings. The van der Waals surface area contributed by atoms with Gasteiger partial charge in [0, 0.05) is 0 Å². The molecule has 0 saturated carbocycles. The first-order valence-corrected chi connectivity index (χ1v) is 2.80. The van der Waals surface area contributed by atoms with Crippen LogP contribution in [0.4, 0.5) is 0 Å². The first-order valence-electron chi connectivity index (χ1n) is 2.80. The molecule has 0 aromatic carbocycles. The van der Waals surface area contributed by atoms with Crippen LogP contribution in [-0.2, 0) is 28.8 Å². The van der Waals surface area contributed by atoms with Gasteiger partial charge in [0.15, 0.2) is 18.9 Å². The predicted molar refractivity (Wildman–Crippen MR) is 39.0 cm³/mol. The number of hydrogen-bond acceptors (Lipinski definition) is 9. The molecule has 2 radical (unpaired) electrons. The molecule has 0 N–H and O–H groups in total. The third kappa shape index (κ3) is 84.9. The fourth-order valence-corrected chi connectivity index (χ4v) is 0. The van der Waals surface area contributed by atoms with E-state index in [1.807, 2.05) is 0 Å². The Hall–Kier alpha value is -1.70. The fourth-order valence-electron chi connectivity index (χ4n) is 0. The monoisotopic (exact) mass is 428 g/mol. The van der Waals surface area contributed by atoms with Crippen molar-refractivity contribution < 1.29 is 44.1 Å². The summed E-state index contributed by atoms with van der Waals surface area (Å²) in [5, 5.41) is 26.7. The molecule has 0 bridgehead atoms. The Kier molecular flexibility index (Phi) is 28.3. The molecule has 0 heterocycles. The van der Waals surface area contributed by atoms with Crippen LogP contribution in [0.2, 0.25) is 0 Å². The van der Waals surface area contributed by atoms with Gasteiger partial charge in [-0.15, -0.1) is 0 Å². The van der Waals surface area contributed by atoms with Crippen molar-refractivity contribution >= 4 is 63.0 Å². The molecular formula is C6H3BiO9. The van der Waals surface area contributed by atoms with E-state index in [0.29, 0.717) is 0 Å². The van der Waals surface area contributed by atoms with Gasteiger partial charge in [0.25, 0.3) is 0 Å². The summed E-state index contributed by atoms with van der Waals surface area (Å²) in [6.45, 7) is 0. The van der Waals surface area contributed by atoms with E-state index < -0.39 is 17.9 Å². The van der Waals surface area contributed by atoms with Crippen molar-refractivity contribution in [2.24, 2.45) is 0 Å². The molecule has 0 aliphatic heterocycles. The van der Waals surface area contributed by atoms with E-state index in [1.165, 1.54) is 0 Å². The predicted octanol–water partition coefficient (Wildman–Crippen LogP) is -6.58. The molecule has 0 aliphatic rings. The second-order valence-electron chi connectivity index (χ2n) is 1.31. The summed E-state index contributed by atoms with van der Waals surface area (Å²) in [5.41, 5.74) is 0. The van der Waals surface area contributed by atoms with Crippen molar-refractivity contribution in [3.05, 3.63) is 0 Å². The van der Waals surface area contributed by atoms with Crippen LogP contribution in [0.3, 0.4) is 0 Å². The average Bonchev–Trinajstić information content (AvgIpc) is 2.19. The molecule has 0 aliphatic carbocycles. The molecule has 16 heavy (non-hydrogen) atoms. The smallest absolute Gasteiger partial charge is 0.542 e. The molecule has 10 heteroatoms. The molecule has 86 valence electrons. The molecule has 0 unspecified atom stereocenters. The van der Waals surface area contributed by atoms with Gasteiger partial charge in [0.1, 0.15) is 17.9 Å². The van der Waals surface area contributed by atoms with E-state index in [1.54, 1.807) is 0 Å². The molecule has 9 nitrogen and oxygen atoms in total. The quantitative estimate of drug-likeness (QED) is 0.241. The van der Waals surface area contributed by atoms with Crippen molar-refractivity contribution in [2.75, 3.05) is 0 Å². The second-order valence-corrected chi connectivity index (χ2v) is 1.31. The van der Waals surface area contributed by atoms with Gasteiger partial charge in [-0.3, -0.25) is 14.4 Å². The first kappa shape index (κ1) is 23.8. The maximum Gasteiger partial charge on any atom is 3.00 e. The maximum atomic E-state index is 8.89. The molecule has 0 saturated heterocycles. The SMILES string of the molecule is O=CC(=O)[O-].O=CC(=O)[O-].O=CC(=O)[O-].[Bi+3]. The van der Waals surface area contributed by atoms with E-state index >= 15 is 0 Å². The maximum absolute atomic E-state index is 8.89. The number of carbonyl (C=O) groups is 6. The van der Waals surface area contributed by atoms with Crippen LogP contribution < -0.4 is 15.3 Å². The van der Waals surface area contributed by atoms with Crippen LogP contribution >= 0.6 is 0 Å². The standard InChI is InChI=1S/3C2H2O3.Bi/c3*3-1-2(4)5;/h3*1H,(H,4,5);/q;;;+3/p-3. The zero-order valence-electron chi connectivity index (χ0n) is 7.35. The van der Waals surface area contributed by atoms with Crippen molar-refractivity contribution in [1.29, 1.82) is 0 Å². The van der Waals surface area contributed by atoms with Gasteiger partial charge < -0.3 is 29.7 Å². The van der Waals surface area contributed by atoms with Crippen LogP contribution in [0, 0.1) is 0 Å². The number of rotatable bonds is 3. The van der Waals surface area contributed by atoms with Crippen LogP contribution in [0.5, 0.6) is 0 Å². The number of aldehydes is 3. The normalized spacial score (nSPS) is 6.00. The summed E-state index contributed by atoms with van der Waals surface area (Å²) in [6, 6.07) is 0. The zero-order chi connectivity index (χ0) is 12.9. The van der Waals surface area contributed by atoms with Gasteiger partial charge >= 0.3 is 26.2 Å². The minimum absolute atomic E-state index is 0. The van der Waals surface area contributed by atoms with Crippen molar-refractivity contribution in [2.45, 2.75) is 0 Å². The molecule has 0 atom stereocenters. The Bertz CT molecular complexity index is 216. The number of carboxylic acids is 3. The Morgan fingerprint density at radius 2 is 0.688 bits per heavy atom. The van der Waals surface area contributed by atoms with Crippen molar-refractivity contribution in [3.8, 4) is 0 Å². The van der Waals surface area contributed by atoms with Gasteiger partial charge in [0.2, 0.25) is 0 Å². The van der Waals surface area contributed by atoms with E-state index in [0.717, 1.165) is 0 Å². The Morgan fingerprint density at radius 3 is 0.688 bits per heavy atom. The number of hydrogen-bond donors (Lipinski definition) is 0. The summed E-state index contributed by atoms with van der Waals surface area (Å²) in [5.74, 6) is -5.03. The minimum Gasteiger partial charge on any atom is -0.542 e. The Morgan fingerprint density at radius 1 is 0.625 bits per heavy atom. The summed E-state index contributed by atoms with van der Waals surface area (Å²) in [7, 11) is 0. The number of carbonyl (C=O) groups excluding carboxylic acids is 6. The zero-order valence-corrected chi connectivity index (χ0v) is 10.8. The van der Waals surface area contributed by atoms with Gasteiger partial charge in [-0.05, 0) is 0 Å². The van der Waals surface area contributed by atoms with Gasteiger partial charge in [-0.2, -0.15) is 0 Å². The topological polar surface area (TPSA) is 172 Å². The molecule has 0 amide bonds. The number of carboxylic acid groups (broad SMARTS) is 3. The second kappa shape index (κ2) is 19.0. The Balaban J connectivity index is -0.0000000655. The fraction of sp³-hybridized carbons (Fsp3) is 0. The van der Waals surface area contributed by atoms with Gasteiger partial charge in [-0.25, -0.2) is 0 Å². The van der Waals surface area contributed by atoms with Crippen LogP contribution in [0.15, 0.2) is 0 Å². The summed E-state index contributed by atoms with van der Waals surface area (Å²) in [4.78, 5) is 53.2. The van der Waals surface area contributed by atoms with E-state index in [4.69, 9.17) is 44.1 Å². The summed E-state index contributed by atoms with van der Waals surface area (Å²) in [6.07, 6.45) is -0.833. The third-order valence-electron chi connectivity index (χ3n) is 0.289. The molecule has 0 rings (SSSR count). The van der Waals surface area contributed by atoms with Crippen molar-refractivity contribution in [3.63, 3.8) is 0 Å². The third-order valence-corrected chi connectivity index (χ3v) is 0.289. The van der Waals surface area contributed by atoms with Gasteiger partial charge in [0.05, 0.1) is 0 Å². The van der Waals surface area contributed by atoms with E-state index in [2.05, 4.69) is 0 Å². The average molecular weight is 428 g/mol. The van der Waals surface area contributed by atoms with E-state index in [9.17, 15) is 0 Å². The van der Waals surface area contributed by atoms with Gasteiger partial charge in [-0.1, -0.05) is 0 Å². The summed E-state index contributed by atoms with van der Waals surface area (Å²) >= 11 is 0. The molecule has 0 spiro atoms. The first-order chi connectivity index (χ1) is 6.81. The van der Waals surface area contributed by atoms with Crippen LogP contribution in [-0.4, -0.2) is 63.0 Å². The number of aliphatic carboxylic acids is 3. The van der Waals surface area contributed by atoms with Crippen LogP contribution in [0.25, 0.3) is 0 Å². The van der Waals surface area contributed by atoms with Crippen molar-refractivity contribution in [1.82, 2.24) is 0 Å². The molecule has 0 aromatic heterocycles. The molecule has 0 aromatic rings. The van der Waals surface area contributed by atoms with Crippen LogP contribution in [0.1, 0.15) is 0 Å². The molecular weight excluding hydrogens is 425 g/mol.